The molecule has 1 saturated heterocycles. The minimum absolute atomic E-state index is 0. The van der Waals surface area contributed by atoms with Gasteiger partial charge in [0, 0.05) is 13.5 Å². The molecule has 2 atom stereocenters. The Bertz CT molecular complexity index is 345. The molecule has 1 aromatic rings. The van der Waals surface area contributed by atoms with Crippen molar-refractivity contribution in [1.29, 1.82) is 0 Å². The Kier molecular flexibility index (Phi) is 6.91. The summed E-state index contributed by atoms with van der Waals surface area (Å²) in [6.07, 6.45) is 2.19. The van der Waals surface area contributed by atoms with Crippen molar-refractivity contribution in [3.8, 4) is 0 Å². The molecule has 1 aliphatic rings. The zero-order valence-electron chi connectivity index (χ0n) is 11.7. The standard InChI is InChI=1S/C13H19FN2.C2H6.H2/c1-2-15-12-6-7-16-13(9-12)10-4-3-5-11(14)8-10;1-2;/h3-5,8,12-13,15-16H,2,6-7,9H2,1H3;1-2H3;1H/t12-,13+;;/m1../s1. The lowest BCUT2D eigenvalue weighted by molar-refractivity contribution is 0.327. The van der Waals surface area contributed by atoms with Gasteiger partial charge < -0.3 is 10.6 Å². The van der Waals surface area contributed by atoms with Gasteiger partial charge in [0.1, 0.15) is 5.82 Å². The molecule has 3 heteroatoms. The van der Waals surface area contributed by atoms with Gasteiger partial charge in [0.15, 0.2) is 0 Å². The van der Waals surface area contributed by atoms with Crippen LogP contribution in [-0.2, 0) is 0 Å². The molecule has 0 bridgehead atoms. The van der Waals surface area contributed by atoms with Gasteiger partial charge in [-0.2, -0.15) is 0 Å². The fraction of sp³-hybridized carbons (Fsp3) is 0.600. The third-order valence-corrected chi connectivity index (χ3v) is 3.15. The molecule has 1 aliphatic heterocycles. The monoisotopic (exact) mass is 254 g/mol. The highest BCUT2D eigenvalue weighted by atomic mass is 19.1. The quantitative estimate of drug-likeness (QED) is 0.862. The van der Waals surface area contributed by atoms with Gasteiger partial charge in [-0.25, -0.2) is 4.39 Å². The van der Waals surface area contributed by atoms with Gasteiger partial charge in [-0.05, 0) is 43.6 Å². The molecule has 0 amide bonds. The zero-order valence-corrected chi connectivity index (χ0v) is 11.7. The maximum Gasteiger partial charge on any atom is 0.123 e. The highest BCUT2D eigenvalue weighted by molar-refractivity contribution is 5.21. The van der Waals surface area contributed by atoms with Crippen LogP contribution in [0.25, 0.3) is 0 Å². The maximum atomic E-state index is 13.1. The average Bonchev–Trinajstić information content (AvgIpc) is 2.42. The lowest BCUT2D eigenvalue weighted by Crippen LogP contribution is -2.41. The molecule has 1 heterocycles. The molecule has 18 heavy (non-hydrogen) atoms. The first-order valence-corrected chi connectivity index (χ1v) is 7.02. The first-order valence-electron chi connectivity index (χ1n) is 7.02. The van der Waals surface area contributed by atoms with Crippen LogP contribution in [0, 0.1) is 5.82 Å². The number of piperidine rings is 1. The summed E-state index contributed by atoms with van der Waals surface area (Å²) in [4.78, 5) is 0. The van der Waals surface area contributed by atoms with E-state index in [4.69, 9.17) is 0 Å². The third-order valence-electron chi connectivity index (χ3n) is 3.15. The zero-order chi connectivity index (χ0) is 13.4. The van der Waals surface area contributed by atoms with Crippen molar-refractivity contribution < 1.29 is 5.82 Å². The summed E-state index contributed by atoms with van der Waals surface area (Å²) in [5.74, 6) is -0.148. The van der Waals surface area contributed by atoms with Gasteiger partial charge in [0.2, 0.25) is 0 Å². The highest BCUT2D eigenvalue weighted by Gasteiger charge is 2.21. The Morgan fingerprint density at radius 2 is 2.22 bits per heavy atom. The molecule has 0 unspecified atom stereocenters. The summed E-state index contributed by atoms with van der Waals surface area (Å²) in [7, 11) is 0. The van der Waals surface area contributed by atoms with E-state index in [1.165, 1.54) is 6.07 Å². The topological polar surface area (TPSA) is 24.1 Å². The largest absolute Gasteiger partial charge is 0.314 e. The molecular formula is C15H27FN2. The SMILES string of the molecule is CC.CCN[C@@H]1CCN[C@H](c2cccc(F)c2)C1.[HH]. The van der Waals surface area contributed by atoms with Crippen LogP contribution in [0.1, 0.15) is 46.6 Å². The van der Waals surface area contributed by atoms with Crippen LogP contribution < -0.4 is 10.6 Å². The second kappa shape index (κ2) is 8.22. The van der Waals surface area contributed by atoms with Crippen LogP contribution in [0.2, 0.25) is 0 Å². The normalized spacial score (nSPS) is 23.1. The summed E-state index contributed by atoms with van der Waals surface area (Å²) in [6, 6.07) is 7.74. The van der Waals surface area contributed by atoms with E-state index in [9.17, 15) is 4.39 Å². The van der Waals surface area contributed by atoms with Gasteiger partial charge in [0.25, 0.3) is 0 Å². The number of halogens is 1. The molecule has 2 N–H and O–H groups in total. The summed E-state index contributed by atoms with van der Waals surface area (Å²) in [5.41, 5.74) is 1.06. The highest BCUT2D eigenvalue weighted by Crippen LogP contribution is 2.23. The summed E-state index contributed by atoms with van der Waals surface area (Å²) >= 11 is 0. The summed E-state index contributed by atoms with van der Waals surface area (Å²) < 4.78 is 13.1. The van der Waals surface area contributed by atoms with Crippen molar-refractivity contribution in [3.63, 3.8) is 0 Å². The van der Waals surface area contributed by atoms with Gasteiger partial charge in [-0.15, -0.1) is 0 Å². The molecule has 0 saturated carbocycles. The molecule has 0 radical (unpaired) electrons. The molecule has 0 aromatic heterocycles. The molecular weight excluding hydrogens is 227 g/mol. The predicted octanol–water partition coefficient (Wildman–Crippen LogP) is 3.50. The molecule has 0 spiro atoms. The van der Waals surface area contributed by atoms with Gasteiger partial charge in [0.05, 0.1) is 0 Å². The number of hydrogen-bond donors (Lipinski definition) is 2. The smallest absolute Gasteiger partial charge is 0.123 e. The fourth-order valence-electron chi connectivity index (χ4n) is 2.37. The number of nitrogens with one attached hydrogen (secondary N) is 2. The lowest BCUT2D eigenvalue weighted by atomic mass is 9.94. The Morgan fingerprint density at radius 3 is 2.89 bits per heavy atom. The lowest BCUT2D eigenvalue weighted by Gasteiger charge is -2.31. The molecule has 2 nitrogen and oxygen atoms in total. The third kappa shape index (κ3) is 4.39. The Labute approximate surface area is 111 Å². The summed E-state index contributed by atoms with van der Waals surface area (Å²) in [6.45, 7) is 8.12. The van der Waals surface area contributed by atoms with E-state index in [0.717, 1.165) is 31.5 Å². The van der Waals surface area contributed by atoms with Crippen LogP contribution in [0.15, 0.2) is 24.3 Å². The average molecular weight is 254 g/mol. The molecule has 1 aromatic carbocycles. The van der Waals surface area contributed by atoms with Crippen molar-refractivity contribution in [2.75, 3.05) is 13.1 Å². The van der Waals surface area contributed by atoms with Gasteiger partial charge in [-0.1, -0.05) is 32.9 Å². The van der Waals surface area contributed by atoms with E-state index in [0.29, 0.717) is 6.04 Å². The van der Waals surface area contributed by atoms with Gasteiger partial charge in [-0.3, -0.25) is 0 Å². The van der Waals surface area contributed by atoms with Crippen molar-refractivity contribution in [2.24, 2.45) is 0 Å². The molecule has 104 valence electrons. The van der Waals surface area contributed by atoms with Crippen LogP contribution >= 0.6 is 0 Å². The van der Waals surface area contributed by atoms with E-state index >= 15 is 0 Å². The first-order chi connectivity index (χ1) is 8.79. The molecule has 0 aliphatic carbocycles. The fourth-order valence-corrected chi connectivity index (χ4v) is 2.37. The first kappa shape index (κ1) is 15.1. The van der Waals surface area contributed by atoms with Crippen molar-refractivity contribution in [3.05, 3.63) is 35.6 Å². The van der Waals surface area contributed by atoms with Crippen LogP contribution in [-0.4, -0.2) is 19.1 Å². The minimum atomic E-state index is -0.148. The van der Waals surface area contributed by atoms with Crippen LogP contribution in [0.3, 0.4) is 0 Å². The molecule has 1 fully saturated rings. The van der Waals surface area contributed by atoms with E-state index in [1.807, 2.05) is 19.9 Å². The van der Waals surface area contributed by atoms with Crippen LogP contribution in [0.4, 0.5) is 4.39 Å². The minimum Gasteiger partial charge on any atom is -0.314 e. The number of benzene rings is 1. The van der Waals surface area contributed by atoms with E-state index in [2.05, 4.69) is 17.6 Å². The van der Waals surface area contributed by atoms with E-state index < -0.39 is 0 Å². The second-order valence-corrected chi connectivity index (χ2v) is 4.34. The predicted molar refractivity (Wildman–Crippen MR) is 77.3 cm³/mol. The number of rotatable bonds is 3. The van der Waals surface area contributed by atoms with E-state index in [1.54, 1.807) is 12.1 Å². The van der Waals surface area contributed by atoms with Crippen molar-refractivity contribution in [2.45, 2.75) is 45.7 Å². The number of hydrogen-bond acceptors (Lipinski definition) is 2. The van der Waals surface area contributed by atoms with Crippen molar-refractivity contribution >= 4 is 0 Å². The maximum absolute atomic E-state index is 13.1. The summed E-state index contributed by atoms with van der Waals surface area (Å²) in [5, 5.41) is 6.91. The molecule has 2 rings (SSSR count). The second-order valence-electron chi connectivity index (χ2n) is 4.34. The van der Waals surface area contributed by atoms with Crippen LogP contribution in [0.5, 0.6) is 0 Å². The van der Waals surface area contributed by atoms with Gasteiger partial charge >= 0.3 is 0 Å². The Balaban J connectivity index is 0.00000103. The Morgan fingerprint density at radius 1 is 1.44 bits per heavy atom. The Hall–Kier alpha value is -0.930. The van der Waals surface area contributed by atoms with E-state index in [-0.39, 0.29) is 13.3 Å². The van der Waals surface area contributed by atoms with Crippen molar-refractivity contribution in [1.82, 2.24) is 10.6 Å².